The molecule has 0 fully saturated rings. The predicted octanol–water partition coefficient (Wildman–Crippen LogP) is 2.64. The molecule has 0 amide bonds. The number of nitrogens with one attached hydrogen (secondary N) is 1. The van der Waals surface area contributed by atoms with E-state index in [0.717, 1.165) is 6.07 Å². The van der Waals surface area contributed by atoms with Crippen molar-refractivity contribution >= 4 is 33.3 Å². The number of carbonyl (C=O) groups excluding carboxylic acids is 1. The number of hydrogen-bond donors (Lipinski definition) is 1. The smallest absolute Gasteiger partial charge is 0.178 e. The summed E-state index contributed by atoms with van der Waals surface area (Å²) < 4.78 is 13.2. The fourth-order valence-corrected chi connectivity index (χ4v) is 1.59. The highest BCUT2D eigenvalue weighted by atomic mass is 79.9. The first kappa shape index (κ1) is 11.6. The van der Waals surface area contributed by atoms with Crippen molar-refractivity contribution < 1.29 is 9.18 Å². The van der Waals surface area contributed by atoms with Crippen LogP contribution in [0.15, 0.2) is 16.6 Å². The molecular formula is C9H8BrClFNO. The minimum Gasteiger partial charge on any atom is -0.313 e. The van der Waals surface area contributed by atoms with Crippen LogP contribution in [0.3, 0.4) is 0 Å². The lowest BCUT2D eigenvalue weighted by Gasteiger charge is -2.04. The molecule has 14 heavy (non-hydrogen) atoms. The Labute approximate surface area is 94.6 Å². The van der Waals surface area contributed by atoms with Gasteiger partial charge in [-0.15, -0.1) is 0 Å². The van der Waals surface area contributed by atoms with Crippen molar-refractivity contribution in [3.05, 3.63) is 33.0 Å². The molecule has 0 spiro atoms. The van der Waals surface area contributed by atoms with Crippen LogP contribution in [0.1, 0.15) is 10.4 Å². The van der Waals surface area contributed by atoms with E-state index in [0.29, 0.717) is 5.56 Å². The Bertz CT molecular complexity index is 370. The Kier molecular flexibility index (Phi) is 4.04. The van der Waals surface area contributed by atoms with Gasteiger partial charge < -0.3 is 5.32 Å². The van der Waals surface area contributed by atoms with Crippen LogP contribution in [0.25, 0.3) is 0 Å². The van der Waals surface area contributed by atoms with E-state index in [9.17, 15) is 9.18 Å². The van der Waals surface area contributed by atoms with Crippen molar-refractivity contribution in [1.29, 1.82) is 0 Å². The van der Waals surface area contributed by atoms with Crippen molar-refractivity contribution in [1.82, 2.24) is 5.32 Å². The predicted molar refractivity (Wildman–Crippen MR) is 57.4 cm³/mol. The first-order valence-corrected chi connectivity index (χ1v) is 5.05. The molecule has 0 aliphatic heterocycles. The third kappa shape index (κ3) is 2.53. The highest BCUT2D eigenvalue weighted by Crippen LogP contribution is 2.24. The summed E-state index contributed by atoms with van der Waals surface area (Å²) in [4.78, 5) is 11.4. The summed E-state index contributed by atoms with van der Waals surface area (Å²) in [6, 6.07) is 2.51. The first-order valence-electron chi connectivity index (χ1n) is 3.88. The molecule has 76 valence electrons. The van der Waals surface area contributed by atoms with Gasteiger partial charge >= 0.3 is 0 Å². The van der Waals surface area contributed by atoms with Gasteiger partial charge in [-0.05, 0) is 35.1 Å². The maximum absolute atomic E-state index is 13.0. The van der Waals surface area contributed by atoms with Gasteiger partial charge in [0.25, 0.3) is 0 Å². The van der Waals surface area contributed by atoms with Gasteiger partial charge in [-0.1, -0.05) is 11.6 Å². The quantitative estimate of drug-likeness (QED) is 0.681. The molecule has 0 aromatic heterocycles. The molecule has 0 bridgehead atoms. The second-order valence-corrected chi connectivity index (χ2v) is 3.96. The Balaban J connectivity index is 3.09. The normalized spacial score (nSPS) is 10.3. The van der Waals surface area contributed by atoms with Crippen LogP contribution >= 0.6 is 27.5 Å². The van der Waals surface area contributed by atoms with Gasteiger partial charge in [-0.3, -0.25) is 4.79 Å². The van der Waals surface area contributed by atoms with E-state index in [2.05, 4.69) is 21.2 Å². The lowest BCUT2D eigenvalue weighted by Crippen LogP contribution is -2.18. The van der Waals surface area contributed by atoms with E-state index in [4.69, 9.17) is 11.6 Å². The SMILES string of the molecule is CNCC(=O)c1cc(Br)c(F)cc1Cl. The summed E-state index contributed by atoms with van der Waals surface area (Å²) in [5, 5.41) is 2.84. The fraction of sp³-hybridized carbons (Fsp3) is 0.222. The van der Waals surface area contributed by atoms with E-state index < -0.39 is 5.82 Å². The van der Waals surface area contributed by atoms with E-state index >= 15 is 0 Å². The lowest BCUT2D eigenvalue weighted by atomic mass is 10.1. The number of rotatable bonds is 3. The minimum absolute atomic E-state index is 0.131. The summed E-state index contributed by atoms with van der Waals surface area (Å²) in [6.45, 7) is 0.178. The molecule has 2 nitrogen and oxygen atoms in total. The van der Waals surface area contributed by atoms with Gasteiger partial charge in [-0.25, -0.2) is 4.39 Å². The molecule has 0 saturated carbocycles. The zero-order valence-corrected chi connectivity index (χ0v) is 9.75. The summed E-state index contributed by atoms with van der Waals surface area (Å²) >= 11 is 8.72. The average Bonchev–Trinajstić information content (AvgIpc) is 2.11. The molecule has 0 atom stereocenters. The van der Waals surface area contributed by atoms with E-state index in [1.165, 1.54) is 6.07 Å². The number of ketones is 1. The Morgan fingerprint density at radius 2 is 2.29 bits per heavy atom. The van der Waals surface area contributed by atoms with Crippen molar-refractivity contribution in [3.63, 3.8) is 0 Å². The molecule has 0 aliphatic rings. The largest absolute Gasteiger partial charge is 0.313 e. The van der Waals surface area contributed by atoms with Crippen LogP contribution in [0.2, 0.25) is 5.02 Å². The number of halogens is 3. The summed E-state index contributed by atoms with van der Waals surface area (Å²) in [5.41, 5.74) is 0.314. The van der Waals surface area contributed by atoms with Gasteiger partial charge in [0.2, 0.25) is 0 Å². The van der Waals surface area contributed by atoms with Crippen LogP contribution in [0.5, 0.6) is 0 Å². The van der Waals surface area contributed by atoms with Crippen LogP contribution < -0.4 is 5.32 Å². The van der Waals surface area contributed by atoms with Crippen molar-refractivity contribution in [2.24, 2.45) is 0 Å². The minimum atomic E-state index is -0.476. The second kappa shape index (κ2) is 4.87. The molecule has 1 N–H and O–H groups in total. The lowest BCUT2D eigenvalue weighted by molar-refractivity contribution is 0.0993. The maximum Gasteiger partial charge on any atom is 0.178 e. The second-order valence-electron chi connectivity index (χ2n) is 2.70. The van der Waals surface area contributed by atoms with Crippen molar-refractivity contribution in [3.8, 4) is 0 Å². The molecular weight excluding hydrogens is 272 g/mol. The maximum atomic E-state index is 13.0. The number of likely N-dealkylation sites (N-methyl/N-ethyl adjacent to an activating group) is 1. The number of carbonyl (C=O) groups is 1. The summed E-state index contributed by atoms with van der Waals surface area (Å²) in [6.07, 6.45) is 0. The molecule has 0 radical (unpaired) electrons. The monoisotopic (exact) mass is 279 g/mol. The van der Waals surface area contributed by atoms with Gasteiger partial charge in [-0.2, -0.15) is 0 Å². The summed E-state index contributed by atoms with van der Waals surface area (Å²) in [5.74, 6) is -0.644. The first-order chi connectivity index (χ1) is 6.56. The molecule has 0 saturated heterocycles. The average molecular weight is 281 g/mol. The Hall–Kier alpha value is -0.450. The van der Waals surface area contributed by atoms with Crippen LogP contribution in [0.4, 0.5) is 4.39 Å². The topological polar surface area (TPSA) is 29.1 Å². The molecule has 5 heteroatoms. The van der Waals surface area contributed by atoms with E-state index in [1.54, 1.807) is 7.05 Å². The van der Waals surface area contributed by atoms with Crippen molar-refractivity contribution in [2.45, 2.75) is 0 Å². The Morgan fingerprint density at radius 3 is 2.86 bits per heavy atom. The zero-order chi connectivity index (χ0) is 10.7. The standard InChI is InChI=1S/C9H8BrClFNO/c1-13-4-9(14)5-2-6(10)8(12)3-7(5)11/h2-3,13H,4H2,1H3. The number of hydrogen-bond acceptors (Lipinski definition) is 2. The van der Waals surface area contributed by atoms with Gasteiger partial charge in [0, 0.05) is 5.56 Å². The molecule has 1 aromatic rings. The van der Waals surface area contributed by atoms with Gasteiger partial charge in [0.05, 0.1) is 16.0 Å². The molecule has 0 unspecified atom stereocenters. The third-order valence-electron chi connectivity index (χ3n) is 1.65. The summed E-state index contributed by atoms with van der Waals surface area (Å²) in [7, 11) is 1.66. The molecule has 1 rings (SSSR count). The zero-order valence-electron chi connectivity index (χ0n) is 7.40. The molecule has 0 aliphatic carbocycles. The van der Waals surface area contributed by atoms with Crippen molar-refractivity contribution in [2.75, 3.05) is 13.6 Å². The Morgan fingerprint density at radius 1 is 1.64 bits per heavy atom. The third-order valence-corrected chi connectivity index (χ3v) is 2.57. The number of Topliss-reactive ketones (excluding diaryl/α,β-unsaturated/α-hetero) is 1. The van der Waals surface area contributed by atoms with Crippen LogP contribution in [-0.4, -0.2) is 19.4 Å². The molecule has 1 aromatic carbocycles. The van der Waals surface area contributed by atoms with Crippen LogP contribution in [-0.2, 0) is 0 Å². The van der Waals surface area contributed by atoms with E-state index in [1.807, 2.05) is 0 Å². The number of benzene rings is 1. The van der Waals surface area contributed by atoms with Gasteiger partial charge in [0.1, 0.15) is 5.82 Å². The highest BCUT2D eigenvalue weighted by Gasteiger charge is 2.12. The molecule has 0 heterocycles. The fourth-order valence-electron chi connectivity index (χ4n) is 0.992. The van der Waals surface area contributed by atoms with E-state index in [-0.39, 0.29) is 21.8 Å². The highest BCUT2D eigenvalue weighted by molar-refractivity contribution is 9.10. The van der Waals surface area contributed by atoms with Gasteiger partial charge in [0.15, 0.2) is 5.78 Å². The van der Waals surface area contributed by atoms with Crippen LogP contribution in [0, 0.1) is 5.82 Å².